The van der Waals surface area contributed by atoms with Crippen molar-refractivity contribution in [3.8, 4) is 17.1 Å². The summed E-state index contributed by atoms with van der Waals surface area (Å²) < 4.78 is 10.5. The molecule has 0 aliphatic rings. The topological polar surface area (TPSA) is 64.2 Å². The number of aromatic amines is 1. The number of esters is 1. The number of aromatic nitrogens is 2. The molecule has 0 bridgehead atoms. The molecule has 0 saturated carbocycles. The lowest BCUT2D eigenvalue weighted by atomic mass is 10.2. The molecule has 0 fully saturated rings. The standard InChI is InChI=1S/C18H18N2O3/c1-3-22-18(21)12(2)23-14-10-8-13(9-11-14)17-19-15-6-4-5-7-16(15)20-17/h4-12H,3H2,1-2H3,(H,19,20). The van der Waals surface area contributed by atoms with Crippen molar-refractivity contribution < 1.29 is 14.3 Å². The van der Waals surface area contributed by atoms with Crippen LogP contribution < -0.4 is 4.74 Å². The third kappa shape index (κ3) is 3.34. The molecule has 1 aromatic heterocycles. The minimum Gasteiger partial charge on any atom is -0.479 e. The summed E-state index contributed by atoms with van der Waals surface area (Å²) in [7, 11) is 0. The molecule has 1 N–H and O–H groups in total. The first kappa shape index (κ1) is 15.1. The van der Waals surface area contributed by atoms with Crippen LogP contribution in [-0.2, 0) is 9.53 Å². The summed E-state index contributed by atoms with van der Waals surface area (Å²) >= 11 is 0. The Balaban J connectivity index is 1.75. The quantitative estimate of drug-likeness (QED) is 0.732. The fourth-order valence-corrected chi connectivity index (χ4v) is 2.29. The van der Waals surface area contributed by atoms with Crippen LogP contribution in [0.1, 0.15) is 13.8 Å². The fraction of sp³-hybridized carbons (Fsp3) is 0.222. The summed E-state index contributed by atoms with van der Waals surface area (Å²) in [5.74, 6) is 1.05. The number of rotatable bonds is 5. The van der Waals surface area contributed by atoms with Crippen LogP contribution in [0.3, 0.4) is 0 Å². The smallest absolute Gasteiger partial charge is 0.347 e. The molecule has 0 spiro atoms. The van der Waals surface area contributed by atoms with Crippen molar-refractivity contribution in [2.24, 2.45) is 0 Å². The largest absolute Gasteiger partial charge is 0.479 e. The summed E-state index contributed by atoms with van der Waals surface area (Å²) in [6, 6.07) is 15.3. The molecule has 5 heteroatoms. The monoisotopic (exact) mass is 310 g/mol. The van der Waals surface area contributed by atoms with Gasteiger partial charge in [0, 0.05) is 5.56 Å². The van der Waals surface area contributed by atoms with Crippen molar-refractivity contribution in [2.75, 3.05) is 6.61 Å². The maximum atomic E-state index is 11.6. The number of nitrogens with zero attached hydrogens (tertiary/aromatic N) is 1. The van der Waals surface area contributed by atoms with Crippen molar-refractivity contribution in [3.63, 3.8) is 0 Å². The second-order valence-corrected chi connectivity index (χ2v) is 5.14. The molecule has 3 aromatic rings. The van der Waals surface area contributed by atoms with E-state index < -0.39 is 6.10 Å². The van der Waals surface area contributed by atoms with Gasteiger partial charge in [0.25, 0.3) is 0 Å². The minimum atomic E-state index is -0.632. The van der Waals surface area contributed by atoms with Crippen LogP contribution in [0, 0.1) is 0 Å². The Bertz CT molecular complexity index is 776. The second-order valence-electron chi connectivity index (χ2n) is 5.14. The van der Waals surface area contributed by atoms with Crippen molar-refractivity contribution in [1.29, 1.82) is 0 Å². The Morgan fingerprint density at radius 1 is 1.17 bits per heavy atom. The fourth-order valence-electron chi connectivity index (χ4n) is 2.29. The highest BCUT2D eigenvalue weighted by atomic mass is 16.6. The summed E-state index contributed by atoms with van der Waals surface area (Å²) in [5, 5.41) is 0. The molecule has 0 radical (unpaired) electrons. The first-order valence-electron chi connectivity index (χ1n) is 7.56. The van der Waals surface area contributed by atoms with Crippen molar-refractivity contribution in [2.45, 2.75) is 20.0 Å². The SMILES string of the molecule is CCOC(=O)C(C)Oc1ccc(-c2nc3ccccc3[nH]2)cc1. The van der Waals surface area contributed by atoms with Crippen LogP contribution in [0.2, 0.25) is 0 Å². The highest BCUT2D eigenvalue weighted by molar-refractivity contribution is 5.79. The average Bonchev–Trinajstić information content (AvgIpc) is 2.99. The van der Waals surface area contributed by atoms with Crippen LogP contribution in [0.5, 0.6) is 5.75 Å². The molecule has 23 heavy (non-hydrogen) atoms. The molecule has 1 heterocycles. The Morgan fingerprint density at radius 3 is 2.61 bits per heavy atom. The number of benzene rings is 2. The Morgan fingerprint density at radius 2 is 1.91 bits per heavy atom. The lowest BCUT2D eigenvalue weighted by molar-refractivity contribution is -0.150. The summed E-state index contributed by atoms with van der Waals surface area (Å²) in [4.78, 5) is 19.4. The molecule has 3 rings (SSSR count). The van der Waals surface area contributed by atoms with Crippen LogP contribution in [0.15, 0.2) is 48.5 Å². The van der Waals surface area contributed by atoms with Crippen molar-refractivity contribution in [3.05, 3.63) is 48.5 Å². The van der Waals surface area contributed by atoms with Gasteiger partial charge in [-0.3, -0.25) is 0 Å². The first-order valence-corrected chi connectivity index (χ1v) is 7.56. The normalized spacial score (nSPS) is 12.1. The highest BCUT2D eigenvalue weighted by Crippen LogP contribution is 2.23. The van der Waals surface area contributed by atoms with E-state index >= 15 is 0 Å². The minimum absolute atomic E-state index is 0.345. The molecule has 0 aliphatic carbocycles. The van der Waals surface area contributed by atoms with Crippen molar-refractivity contribution in [1.82, 2.24) is 9.97 Å². The molecule has 0 saturated heterocycles. The number of ether oxygens (including phenoxy) is 2. The van der Waals surface area contributed by atoms with E-state index in [1.165, 1.54) is 0 Å². The number of hydrogen-bond donors (Lipinski definition) is 1. The maximum absolute atomic E-state index is 11.6. The highest BCUT2D eigenvalue weighted by Gasteiger charge is 2.15. The Labute approximate surface area is 134 Å². The first-order chi connectivity index (χ1) is 11.2. The lowest BCUT2D eigenvalue weighted by Crippen LogP contribution is -2.25. The molecule has 0 amide bonds. The van der Waals surface area contributed by atoms with E-state index in [0.717, 1.165) is 22.4 Å². The molecule has 2 aromatic carbocycles. The number of H-pyrrole nitrogens is 1. The number of nitrogens with one attached hydrogen (secondary N) is 1. The van der Waals surface area contributed by atoms with Crippen LogP contribution in [0.4, 0.5) is 0 Å². The van der Waals surface area contributed by atoms with Gasteiger partial charge >= 0.3 is 5.97 Å². The Kier molecular flexibility index (Phi) is 4.28. The number of imidazole rings is 1. The van der Waals surface area contributed by atoms with E-state index in [2.05, 4.69) is 9.97 Å². The van der Waals surface area contributed by atoms with E-state index in [4.69, 9.17) is 9.47 Å². The van der Waals surface area contributed by atoms with E-state index in [1.54, 1.807) is 13.8 Å². The number of para-hydroxylation sites is 2. The molecule has 5 nitrogen and oxygen atoms in total. The van der Waals surface area contributed by atoms with Gasteiger partial charge in [-0.2, -0.15) is 0 Å². The van der Waals surface area contributed by atoms with E-state index in [-0.39, 0.29) is 5.97 Å². The summed E-state index contributed by atoms with van der Waals surface area (Å²) in [6.07, 6.45) is -0.632. The van der Waals surface area contributed by atoms with Gasteiger partial charge < -0.3 is 14.5 Å². The number of hydrogen-bond acceptors (Lipinski definition) is 4. The number of carbonyl (C=O) groups is 1. The summed E-state index contributed by atoms with van der Waals surface area (Å²) in [6.45, 7) is 3.79. The van der Waals surface area contributed by atoms with Gasteiger partial charge in [-0.1, -0.05) is 12.1 Å². The lowest BCUT2D eigenvalue weighted by Gasteiger charge is -2.13. The van der Waals surface area contributed by atoms with Gasteiger partial charge in [0.15, 0.2) is 6.10 Å². The third-order valence-electron chi connectivity index (χ3n) is 3.45. The van der Waals surface area contributed by atoms with Gasteiger partial charge in [-0.15, -0.1) is 0 Å². The second kappa shape index (κ2) is 6.52. The van der Waals surface area contributed by atoms with Crippen molar-refractivity contribution >= 4 is 17.0 Å². The van der Waals surface area contributed by atoms with Gasteiger partial charge in [0.05, 0.1) is 17.6 Å². The molecular weight excluding hydrogens is 292 g/mol. The van der Waals surface area contributed by atoms with Gasteiger partial charge in [-0.25, -0.2) is 9.78 Å². The zero-order valence-electron chi connectivity index (χ0n) is 13.1. The third-order valence-corrected chi connectivity index (χ3v) is 3.45. The number of fused-ring (bicyclic) bond motifs is 1. The predicted octanol–water partition coefficient (Wildman–Crippen LogP) is 3.56. The maximum Gasteiger partial charge on any atom is 0.347 e. The van der Waals surface area contributed by atoms with Gasteiger partial charge in [0.1, 0.15) is 11.6 Å². The van der Waals surface area contributed by atoms with Crippen LogP contribution in [-0.4, -0.2) is 28.6 Å². The van der Waals surface area contributed by atoms with E-state index in [0.29, 0.717) is 12.4 Å². The van der Waals surface area contributed by atoms with Crippen LogP contribution in [0.25, 0.3) is 22.4 Å². The average molecular weight is 310 g/mol. The molecule has 1 unspecified atom stereocenters. The Hall–Kier alpha value is -2.82. The van der Waals surface area contributed by atoms with Gasteiger partial charge in [-0.05, 0) is 50.2 Å². The number of carbonyl (C=O) groups excluding carboxylic acids is 1. The van der Waals surface area contributed by atoms with Gasteiger partial charge in [0.2, 0.25) is 0 Å². The van der Waals surface area contributed by atoms with E-state index in [9.17, 15) is 4.79 Å². The van der Waals surface area contributed by atoms with E-state index in [1.807, 2.05) is 48.5 Å². The summed E-state index contributed by atoms with van der Waals surface area (Å²) in [5.41, 5.74) is 2.88. The predicted molar refractivity (Wildman–Crippen MR) is 88.3 cm³/mol. The zero-order chi connectivity index (χ0) is 16.2. The molecule has 1 atom stereocenters. The molecular formula is C18H18N2O3. The van der Waals surface area contributed by atoms with Crippen LogP contribution >= 0.6 is 0 Å². The zero-order valence-corrected chi connectivity index (χ0v) is 13.1. The molecule has 118 valence electrons. The molecule has 0 aliphatic heterocycles.